The van der Waals surface area contributed by atoms with Gasteiger partial charge in [-0.1, -0.05) is 30.3 Å². The van der Waals surface area contributed by atoms with Gasteiger partial charge in [-0.05, 0) is 37.3 Å². The topological polar surface area (TPSA) is 72.7 Å². The van der Waals surface area contributed by atoms with Crippen molar-refractivity contribution < 1.29 is 9.47 Å². The van der Waals surface area contributed by atoms with Crippen LogP contribution < -0.4 is 20.1 Å². The smallest absolute Gasteiger partial charge is 0.191 e. The molecule has 0 spiro atoms. The third-order valence-corrected chi connectivity index (χ3v) is 4.28. The van der Waals surface area contributed by atoms with E-state index in [1.54, 1.807) is 14.2 Å². The molecule has 3 aromatic rings. The van der Waals surface area contributed by atoms with Crippen molar-refractivity contribution in [3.8, 4) is 17.2 Å². The van der Waals surface area contributed by atoms with Gasteiger partial charge < -0.3 is 20.1 Å². The maximum absolute atomic E-state index is 5.96. The zero-order valence-electron chi connectivity index (χ0n) is 17.4. The first-order valence-corrected chi connectivity index (χ1v) is 9.53. The molecular formula is C22H28IN5O2. The van der Waals surface area contributed by atoms with E-state index in [4.69, 9.17) is 9.47 Å². The number of guanidine groups is 1. The largest absolute Gasteiger partial charge is 0.493 e. The monoisotopic (exact) mass is 521 g/mol. The highest BCUT2D eigenvalue weighted by Gasteiger charge is 2.10. The molecule has 0 saturated carbocycles. The van der Waals surface area contributed by atoms with Crippen LogP contribution in [0.5, 0.6) is 11.5 Å². The normalized spacial score (nSPS) is 11.9. The molecule has 1 aromatic heterocycles. The highest BCUT2D eigenvalue weighted by atomic mass is 127. The van der Waals surface area contributed by atoms with E-state index in [2.05, 4.69) is 20.7 Å². The Labute approximate surface area is 194 Å². The number of para-hydroxylation sites is 3. The van der Waals surface area contributed by atoms with Gasteiger partial charge in [-0.3, -0.25) is 4.99 Å². The van der Waals surface area contributed by atoms with Gasteiger partial charge in [0.2, 0.25) is 0 Å². The number of nitrogens with zero attached hydrogens (tertiary/aromatic N) is 3. The van der Waals surface area contributed by atoms with E-state index in [1.165, 1.54) is 0 Å². The minimum atomic E-state index is -0.0675. The fraction of sp³-hybridized carbons (Fsp3) is 0.273. The summed E-state index contributed by atoms with van der Waals surface area (Å²) in [6.45, 7) is 3.16. The molecule has 1 atom stereocenters. The molecule has 2 N–H and O–H groups in total. The summed E-state index contributed by atoms with van der Waals surface area (Å²) in [5.74, 6) is 2.13. The number of nitrogens with one attached hydrogen (secondary N) is 2. The second kappa shape index (κ2) is 12.1. The molecule has 0 aliphatic heterocycles. The Balaban J connectivity index is 0.00000320. The molecule has 0 radical (unpaired) electrons. The van der Waals surface area contributed by atoms with Gasteiger partial charge in [0, 0.05) is 13.2 Å². The van der Waals surface area contributed by atoms with Gasteiger partial charge in [-0.2, -0.15) is 5.10 Å². The standard InChI is InChI=1S/C22H27N5O2.HI/c1-17(29-21-12-8-7-11-20(21)28-3)15-24-22(23-2)25-16-18-13-14-27(26-18)19-9-5-4-6-10-19;/h4-14,17H,15-16H2,1-3H3,(H2,23,24,25);1H. The van der Waals surface area contributed by atoms with Crippen LogP contribution in [0.15, 0.2) is 71.9 Å². The van der Waals surface area contributed by atoms with Gasteiger partial charge in [0.25, 0.3) is 0 Å². The zero-order valence-corrected chi connectivity index (χ0v) is 19.7. The summed E-state index contributed by atoms with van der Waals surface area (Å²) in [6, 6.07) is 19.6. The van der Waals surface area contributed by atoms with Crippen LogP contribution in [0, 0.1) is 0 Å². The first-order chi connectivity index (χ1) is 14.2. The van der Waals surface area contributed by atoms with Crippen LogP contribution in [0.3, 0.4) is 0 Å². The lowest BCUT2D eigenvalue weighted by atomic mass is 10.3. The van der Waals surface area contributed by atoms with E-state index < -0.39 is 0 Å². The predicted octanol–water partition coefficient (Wildman–Crippen LogP) is 3.63. The van der Waals surface area contributed by atoms with Gasteiger partial charge in [-0.25, -0.2) is 4.68 Å². The van der Waals surface area contributed by atoms with E-state index >= 15 is 0 Å². The molecule has 1 unspecified atom stereocenters. The third kappa shape index (κ3) is 6.65. The minimum absolute atomic E-state index is 0. The van der Waals surface area contributed by atoms with Crippen molar-refractivity contribution in [2.45, 2.75) is 19.6 Å². The van der Waals surface area contributed by atoms with Crippen molar-refractivity contribution in [2.24, 2.45) is 4.99 Å². The first-order valence-electron chi connectivity index (χ1n) is 9.53. The molecule has 3 rings (SSSR count). The van der Waals surface area contributed by atoms with E-state index in [1.807, 2.05) is 78.5 Å². The molecule has 8 heteroatoms. The van der Waals surface area contributed by atoms with Crippen molar-refractivity contribution in [1.82, 2.24) is 20.4 Å². The Morgan fingerprint density at radius 1 is 1.03 bits per heavy atom. The van der Waals surface area contributed by atoms with Crippen LogP contribution in [0.2, 0.25) is 0 Å². The molecule has 0 aliphatic carbocycles. The summed E-state index contributed by atoms with van der Waals surface area (Å²) >= 11 is 0. The maximum atomic E-state index is 5.96. The fourth-order valence-corrected chi connectivity index (χ4v) is 2.79. The van der Waals surface area contributed by atoms with Gasteiger partial charge in [-0.15, -0.1) is 24.0 Å². The van der Waals surface area contributed by atoms with Crippen LogP contribution >= 0.6 is 24.0 Å². The van der Waals surface area contributed by atoms with E-state index in [-0.39, 0.29) is 30.1 Å². The van der Waals surface area contributed by atoms with Crippen molar-refractivity contribution in [3.63, 3.8) is 0 Å². The van der Waals surface area contributed by atoms with Gasteiger partial charge >= 0.3 is 0 Å². The molecular weight excluding hydrogens is 493 g/mol. The quantitative estimate of drug-likeness (QED) is 0.269. The molecule has 2 aromatic carbocycles. The van der Waals surface area contributed by atoms with Crippen LogP contribution in [0.25, 0.3) is 5.69 Å². The second-order valence-electron chi connectivity index (χ2n) is 6.47. The SMILES string of the molecule is CN=C(NCc1ccn(-c2ccccc2)n1)NCC(C)Oc1ccccc1OC.I. The van der Waals surface area contributed by atoms with E-state index in [0.717, 1.165) is 22.9 Å². The Kier molecular flexibility index (Phi) is 9.46. The van der Waals surface area contributed by atoms with Gasteiger partial charge in [0.15, 0.2) is 17.5 Å². The van der Waals surface area contributed by atoms with Crippen molar-refractivity contribution in [2.75, 3.05) is 20.7 Å². The number of aromatic nitrogens is 2. The summed E-state index contributed by atoms with van der Waals surface area (Å²) in [7, 11) is 3.37. The highest BCUT2D eigenvalue weighted by Crippen LogP contribution is 2.26. The number of benzene rings is 2. The van der Waals surface area contributed by atoms with E-state index in [0.29, 0.717) is 19.0 Å². The molecule has 0 aliphatic rings. The molecule has 0 amide bonds. The molecule has 160 valence electrons. The number of halogens is 1. The molecule has 0 fully saturated rings. The van der Waals surface area contributed by atoms with E-state index in [9.17, 15) is 0 Å². The lowest BCUT2D eigenvalue weighted by molar-refractivity contribution is 0.213. The van der Waals surface area contributed by atoms with Crippen molar-refractivity contribution >= 4 is 29.9 Å². The highest BCUT2D eigenvalue weighted by molar-refractivity contribution is 14.0. The molecule has 0 bridgehead atoms. The Hall–Kier alpha value is -2.75. The predicted molar refractivity (Wildman–Crippen MR) is 130 cm³/mol. The maximum Gasteiger partial charge on any atom is 0.191 e. The average molecular weight is 521 g/mol. The number of hydrogen-bond acceptors (Lipinski definition) is 4. The number of aliphatic imine (C=N–C) groups is 1. The van der Waals surface area contributed by atoms with Crippen LogP contribution in [0.4, 0.5) is 0 Å². The van der Waals surface area contributed by atoms with Gasteiger partial charge in [0.05, 0.1) is 31.6 Å². The molecule has 1 heterocycles. The molecule has 7 nitrogen and oxygen atoms in total. The number of hydrogen-bond donors (Lipinski definition) is 2. The number of methoxy groups -OCH3 is 1. The average Bonchev–Trinajstić information content (AvgIpc) is 3.24. The summed E-state index contributed by atoms with van der Waals surface area (Å²) in [6.07, 6.45) is 1.88. The van der Waals surface area contributed by atoms with Gasteiger partial charge in [0.1, 0.15) is 6.10 Å². The Morgan fingerprint density at radius 3 is 2.43 bits per heavy atom. The molecule has 30 heavy (non-hydrogen) atoms. The minimum Gasteiger partial charge on any atom is -0.493 e. The zero-order chi connectivity index (χ0) is 20.5. The Morgan fingerprint density at radius 2 is 1.73 bits per heavy atom. The lowest BCUT2D eigenvalue weighted by Gasteiger charge is -2.18. The lowest BCUT2D eigenvalue weighted by Crippen LogP contribution is -2.41. The Bertz CT molecular complexity index is 930. The third-order valence-electron chi connectivity index (χ3n) is 4.28. The first kappa shape index (κ1) is 23.5. The van der Waals surface area contributed by atoms with Crippen LogP contribution in [0.1, 0.15) is 12.6 Å². The second-order valence-corrected chi connectivity index (χ2v) is 6.47. The summed E-state index contributed by atoms with van der Waals surface area (Å²) < 4.78 is 13.1. The summed E-state index contributed by atoms with van der Waals surface area (Å²) in [5, 5.41) is 11.1. The number of ether oxygens (including phenoxy) is 2. The van der Waals surface area contributed by atoms with Crippen molar-refractivity contribution in [1.29, 1.82) is 0 Å². The van der Waals surface area contributed by atoms with Crippen LogP contribution in [-0.4, -0.2) is 42.5 Å². The number of rotatable bonds is 8. The van der Waals surface area contributed by atoms with Crippen LogP contribution in [-0.2, 0) is 6.54 Å². The summed E-state index contributed by atoms with van der Waals surface area (Å²) in [4.78, 5) is 4.26. The molecule has 0 saturated heterocycles. The fourth-order valence-electron chi connectivity index (χ4n) is 2.79. The summed E-state index contributed by atoms with van der Waals surface area (Å²) in [5.41, 5.74) is 1.96. The van der Waals surface area contributed by atoms with Crippen molar-refractivity contribution in [3.05, 3.63) is 72.6 Å².